The van der Waals surface area contributed by atoms with Crippen LogP contribution in [-0.4, -0.2) is 7.11 Å². The van der Waals surface area contributed by atoms with Crippen molar-refractivity contribution in [1.29, 1.82) is 0 Å². The largest absolute Gasteiger partial charge is 0.497 e. The SMILES string of the molecule is COc1ccc(C(C)Nc2ccc(Br)cc2)cc1. The van der Waals surface area contributed by atoms with Crippen molar-refractivity contribution in [1.82, 2.24) is 0 Å². The van der Waals surface area contributed by atoms with E-state index in [2.05, 4.69) is 52.4 Å². The fourth-order valence-electron chi connectivity index (χ4n) is 1.77. The highest BCUT2D eigenvalue weighted by Crippen LogP contribution is 2.22. The molecule has 2 aromatic carbocycles. The maximum atomic E-state index is 5.15. The molecule has 0 saturated carbocycles. The van der Waals surface area contributed by atoms with Crippen LogP contribution in [0.25, 0.3) is 0 Å². The molecular weight excluding hydrogens is 290 g/mol. The number of benzene rings is 2. The van der Waals surface area contributed by atoms with Gasteiger partial charge in [0, 0.05) is 16.2 Å². The summed E-state index contributed by atoms with van der Waals surface area (Å²) in [5.41, 5.74) is 2.35. The van der Waals surface area contributed by atoms with Gasteiger partial charge in [-0.25, -0.2) is 0 Å². The van der Waals surface area contributed by atoms with Crippen molar-refractivity contribution in [2.75, 3.05) is 12.4 Å². The third-order valence-electron chi connectivity index (χ3n) is 2.84. The molecule has 1 N–H and O–H groups in total. The molecule has 0 radical (unpaired) electrons. The molecule has 2 rings (SSSR count). The van der Waals surface area contributed by atoms with E-state index in [-0.39, 0.29) is 6.04 Å². The van der Waals surface area contributed by atoms with Gasteiger partial charge in [0.2, 0.25) is 0 Å². The van der Waals surface area contributed by atoms with Crippen LogP contribution < -0.4 is 10.1 Å². The van der Waals surface area contributed by atoms with Gasteiger partial charge in [-0.1, -0.05) is 28.1 Å². The van der Waals surface area contributed by atoms with Gasteiger partial charge in [-0.2, -0.15) is 0 Å². The summed E-state index contributed by atoms with van der Waals surface area (Å²) in [6, 6.07) is 16.6. The summed E-state index contributed by atoms with van der Waals surface area (Å²) in [5.74, 6) is 0.884. The molecule has 0 aromatic heterocycles. The normalized spacial score (nSPS) is 11.9. The van der Waals surface area contributed by atoms with Gasteiger partial charge in [0.25, 0.3) is 0 Å². The lowest BCUT2D eigenvalue weighted by molar-refractivity contribution is 0.414. The smallest absolute Gasteiger partial charge is 0.118 e. The molecule has 1 unspecified atom stereocenters. The Morgan fingerprint density at radius 1 is 1.00 bits per heavy atom. The summed E-state index contributed by atoms with van der Waals surface area (Å²) in [4.78, 5) is 0. The molecule has 0 saturated heterocycles. The van der Waals surface area contributed by atoms with Gasteiger partial charge in [-0.3, -0.25) is 0 Å². The number of methoxy groups -OCH3 is 1. The van der Waals surface area contributed by atoms with Crippen LogP contribution in [0.15, 0.2) is 53.0 Å². The van der Waals surface area contributed by atoms with Gasteiger partial charge in [0.05, 0.1) is 7.11 Å². The lowest BCUT2D eigenvalue weighted by Gasteiger charge is -2.16. The summed E-state index contributed by atoms with van der Waals surface area (Å²) in [7, 11) is 1.68. The first-order valence-corrected chi connectivity index (χ1v) is 6.64. The Kier molecular flexibility index (Phi) is 4.26. The van der Waals surface area contributed by atoms with Crippen LogP contribution >= 0.6 is 15.9 Å². The molecule has 18 heavy (non-hydrogen) atoms. The predicted octanol–water partition coefficient (Wildman–Crippen LogP) is 4.63. The van der Waals surface area contributed by atoms with Crippen LogP contribution in [0.5, 0.6) is 5.75 Å². The predicted molar refractivity (Wildman–Crippen MR) is 79.2 cm³/mol. The molecule has 0 bridgehead atoms. The van der Waals surface area contributed by atoms with Crippen molar-refractivity contribution >= 4 is 21.6 Å². The zero-order valence-electron chi connectivity index (χ0n) is 10.5. The molecule has 0 fully saturated rings. The van der Waals surface area contributed by atoms with Gasteiger partial charge in [0.1, 0.15) is 5.75 Å². The molecular formula is C15H16BrNO. The van der Waals surface area contributed by atoms with Gasteiger partial charge in [-0.15, -0.1) is 0 Å². The van der Waals surface area contributed by atoms with Crippen LogP contribution in [0.1, 0.15) is 18.5 Å². The van der Waals surface area contributed by atoms with E-state index in [0.717, 1.165) is 15.9 Å². The number of hydrogen-bond acceptors (Lipinski definition) is 2. The van der Waals surface area contributed by atoms with Crippen molar-refractivity contribution in [3.05, 3.63) is 58.6 Å². The zero-order valence-corrected chi connectivity index (χ0v) is 12.1. The Labute approximate surface area is 116 Å². The second-order valence-corrected chi connectivity index (χ2v) is 5.06. The second-order valence-electron chi connectivity index (χ2n) is 4.15. The van der Waals surface area contributed by atoms with Gasteiger partial charge in [-0.05, 0) is 48.9 Å². The van der Waals surface area contributed by atoms with Crippen molar-refractivity contribution in [3.8, 4) is 5.75 Å². The lowest BCUT2D eigenvalue weighted by atomic mass is 10.1. The number of halogens is 1. The standard InChI is InChI=1S/C15H16BrNO/c1-11(12-3-9-15(18-2)10-4-12)17-14-7-5-13(16)6-8-14/h3-11,17H,1-2H3. The fraction of sp³-hybridized carbons (Fsp3) is 0.200. The molecule has 1 atom stereocenters. The highest BCUT2D eigenvalue weighted by Gasteiger charge is 2.05. The monoisotopic (exact) mass is 305 g/mol. The van der Waals surface area contributed by atoms with Gasteiger partial charge < -0.3 is 10.1 Å². The average molecular weight is 306 g/mol. The van der Waals surface area contributed by atoms with Crippen LogP contribution in [0, 0.1) is 0 Å². The fourth-order valence-corrected chi connectivity index (χ4v) is 2.04. The van der Waals surface area contributed by atoms with E-state index in [0.29, 0.717) is 0 Å². The summed E-state index contributed by atoms with van der Waals surface area (Å²) >= 11 is 3.43. The Morgan fingerprint density at radius 2 is 1.61 bits per heavy atom. The maximum absolute atomic E-state index is 5.15. The van der Waals surface area contributed by atoms with E-state index in [4.69, 9.17) is 4.74 Å². The summed E-state index contributed by atoms with van der Waals surface area (Å²) < 4.78 is 6.24. The van der Waals surface area contributed by atoms with Gasteiger partial charge >= 0.3 is 0 Å². The quantitative estimate of drug-likeness (QED) is 0.889. The third kappa shape index (κ3) is 3.26. The summed E-state index contributed by atoms with van der Waals surface area (Å²) in [6.45, 7) is 2.14. The summed E-state index contributed by atoms with van der Waals surface area (Å²) in [5, 5.41) is 3.46. The molecule has 0 aliphatic heterocycles. The Hall–Kier alpha value is -1.48. The first-order chi connectivity index (χ1) is 8.69. The van der Waals surface area contributed by atoms with Crippen molar-refractivity contribution < 1.29 is 4.74 Å². The number of ether oxygens (including phenoxy) is 1. The minimum atomic E-state index is 0.261. The molecule has 0 aliphatic carbocycles. The highest BCUT2D eigenvalue weighted by atomic mass is 79.9. The zero-order chi connectivity index (χ0) is 13.0. The molecule has 2 aromatic rings. The molecule has 0 aliphatic rings. The molecule has 3 heteroatoms. The summed E-state index contributed by atoms with van der Waals surface area (Å²) in [6.07, 6.45) is 0. The van der Waals surface area contributed by atoms with E-state index in [1.165, 1.54) is 5.56 Å². The van der Waals surface area contributed by atoms with Crippen molar-refractivity contribution in [3.63, 3.8) is 0 Å². The second kappa shape index (κ2) is 5.91. The Balaban J connectivity index is 2.06. The Morgan fingerprint density at radius 3 is 2.17 bits per heavy atom. The maximum Gasteiger partial charge on any atom is 0.118 e. The molecule has 0 amide bonds. The van der Waals surface area contributed by atoms with E-state index < -0.39 is 0 Å². The van der Waals surface area contributed by atoms with E-state index >= 15 is 0 Å². The number of rotatable bonds is 4. The minimum Gasteiger partial charge on any atom is -0.497 e. The third-order valence-corrected chi connectivity index (χ3v) is 3.37. The molecule has 2 nitrogen and oxygen atoms in total. The van der Waals surface area contributed by atoms with Crippen molar-refractivity contribution in [2.24, 2.45) is 0 Å². The number of anilines is 1. The average Bonchev–Trinajstić information content (AvgIpc) is 2.41. The minimum absolute atomic E-state index is 0.261. The van der Waals surface area contributed by atoms with Crippen LogP contribution in [0.4, 0.5) is 5.69 Å². The van der Waals surface area contributed by atoms with E-state index in [9.17, 15) is 0 Å². The number of hydrogen-bond donors (Lipinski definition) is 1. The Bertz CT molecular complexity index is 493. The highest BCUT2D eigenvalue weighted by molar-refractivity contribution is 9.10. The van der Waals surface area contributed by atoms with E-state index in [1.54, 1.807) is 7.11 Å². The topological polar surface area (TPSA) is 21.3 Å². The van der Waals surface area contributed by atoms with Crippen molar-refractivity contribution in [2.45, 2.75) is 13.0 Å². The lowest BCUT2D eigenvalue weighted by Crippen LogP contribution is -2.06. The van der Waals surface area contributed by atoms with Crippen LogP contribution in [-0.2, 0) is 0 Å². The first kappa shape index (κ1) is 13.0. The van der Waals surface area contributed by atoms with Gasteiger partial charge in [0.15, 0.2) is 0 Å². The molecule has 94 valence electrons. The number of nitrogens with one attached hydrogen (secondary N) is 1. The molecule has 0 spiro atoms. The van der Waals surface area contributed by atoms with Crippen LogP contribution in [0.3, 0.4) is 0 Å². The molecule has 0 heterocycles. The van der Waals surface area contributed by atoms with E-state index in [1.807, 2.05) is 24.3 Å². The first-order valence-electron chi connectivity index (χ1n) is 5.85. The van der Waals surface area contributed by atoms with Crippen LogP contribution in [0.2, 0.25) is 0 Å².